The minimum atomic E-state index is 0.900. The van der Waals surface area contributed by atoms with Gasteiger partial charge in [-0.2, -0.15) is 0 Å². The third-order valence-electron chi connectivity index (χ3n) is 3.72. The number of aromatic nitrogens is 2. The van der Waals surface area contributed by atoms with Crippen LogP contribution in [0.2, 0.25) is 0 Å². The van der Waals surface area contributed by atoms with E-state index in [1.165, 1.54) is 5.39 Å². The molecule has 0 aliphatic heterocycles. The summed E-state index contributed by atoms with van der Waals surface area (Å²) in [5, 5.41) is 2.30. The lowest BCUT2D eigenvalue weighted by Crippen LogP contribution is -1.92. The van der Waals surface area contributed by atoms with Crippen molar-refractivity contribution in [3.8, 4) is 22.6 Å². The predicted molar refractivity (Wildman–Crippen MR) is 90.4 cm³/mol. The topological polar surface area (TPSA) is 25.8 Å². The van der Waals surface area contributed by atoms with Gasteiger partial charge in [-0.05, 0) is 23.6 Å². The minimum absolute atomic E-state index is 0.900. The average Bonchev–Trinajstić information content (AvgIpc) is 2.62. The second-order valence-electron chi connectivity index (χ2n) is 5.16. The predicted octanol–water partition coefficient (Wildman–Crippen LogP) is 4.96. The Bertz CT molecular complexity index is 916. The van der Waals surface area contributed by atoms with E-state index < -0.39 is 0 Å². The first-order valence-corrected chi connectivity index (χ1v) is 7.28. The number of benzene rings is 2. The molecule has 0 bridgehead atoms. The molecule has 0 spiro atoms. The lowest BCUT2D eigenvalue weighted by Gasteiger charge is -2.09. The van der Waals surface area contributed by atoms with E-state index in [1.54, 1.807) is 6.20 Å². The highest BCUT2D eigenvalue weighted by Gasteiger charge is 2.09. The Morgan fingerprint density at radius 2 is 1.41 bits per heavy atom. The highest BCUT2D eigenvalue weighted by molar-refractivity contribution is 5.96. The zero-order valence-corrected chi connectivity index (χ0v) is 12.0. The van der Waals surface area contributed by atoms with Crippen molar-refractivity contribution in [1.29, 1.82) is 0 Å². The van der Waals surface area contributed by atoms with Crippen molar-refractivity contribution in [3.05, 3.63) is 85.1 Å². The summed E-state index contributed by atoms with van der Waals surface area (Å²) in [4.78, 5) is 9.35. The lowest BCUT2D eigenvalue weighted by atomic mass is 10.0. The van der Waals surface area contributed by atoms with E-state index in [9.17, 15) is 0 Å². The van der Waals surface area contributed by atoms with Gasteiger partial charge in [0, 0.05) is 17.1 Å². The van der Waals surface area contributed by atoms with Crippen molar-refractivity contribution in [2.24, 2.45) is 0 Å². The van der Waals surface area contributed by atoms with E-state index in [0.29, 0.717) is 0 Å². The summed E-state index contributed by atoms with van der Waals surface area (Å²) < 4.78 is 0. The molecule has 0 unspecified atom stereocenters. The molecule has 0 fully saturated rings. The molecule has 0 aliphatic carbocycles. The van der Waals surface area contributed by atoms with Gasteiger partial charge in [-0.1, -0.05) is 60.7 Å². The van der Waals surface area contributed by atoms with Crippen molar-refractivity contribution in [2.45, 2.75) is 0 Å². The molecule has 0 radical (unpaired) electrons. The van der Waals surface area contributed by atoms with Crippen LogP contribution in [0.4, 0.5) is 0 Å². The van der Waals surface area contributed by atoms with Gasteiger partial charge in [0.05, 0.1) is 17.1 Å². The van der Waals surface area contributed by atoms with Gasteiger partial charge in [0.1, 0.15) is 0 Å². The normalized spacial score (nSPS) is 10.7. The lowest BCUT2D eigenvalue weighted by molar-refractivity contribution is 1.27. The molecule has 104 valence electrons. The number of rotatable bonds is 2. The quantitative estimate of drug-likeness (QED) is 0.519. The van der Waals surface area contributed by atoms with Gasteiger partial charge in [-0.25, -0.2) is 4.98 Å². The Hall–Kier alpha value is -3.00. The van der Waals surface area contributed by atoms with Crippen LogP contribution in [0.3, 0.4) is 0 Å². The molecule has 0 saturated carbocycles. The highest BCUT2D eigenvalue weighted by Crippen LogP contribution is 2.29. The summed E-state index contributed by atoms with van der Waals surface area (Å²) in [7, 11) is 0. The zero-order valence-electron chi connectivity index (χ0n) is 12.0. The van der Waals surface area contributed by atoms with Crippen LogP contribution in [0.15, 0.2) is 85.1 Å². The fourth-order valence-electron chi connectivity index (χ4n) is 2.65. The Kier molecular flexibility index (Phi) is 3.13. The van der Waals surface area contributed by atoms with E-state index in [4.69, 9.17) is 4.98 Å². The summed E-state index contributed by atoms with van der Waals surface area (Å²) in [6, 6.07) is 26.6. The highest BCUT2D eigenvalue weighted by atomic mass is 14.8. The van der Waals surface area contributed by atoms with Crippen LogP contribution in [-0.2, 0) is 0 Å². The van der Waals surface area contributed by atoms with Crippen LogP contribution in [0.25, 0.3) is 33.4 Å². The molecular weight excluding hydrogens is 268 g/mol. The van der Waals surface area contributed by atoms with Gasteiger partial charge in [0.25, 0.3) is 0 Å². The molecule has 2 nitrogen and oxygen atoms in total. The van der Waals surface area contributed by atoms with Crippen molar-refractivity contribution in [3.63, 3.8) is 0 Å². The summed E-state index contributed by atoms with van der Waals surface area (Å²) in [6.07, 6.45) is 1.81. The molecule has 0 aliphatic rings. The summed E-state index contributed by atoms with van der Waals surface area (Å²) in [5.41, 5.74) is 3.92. The van der Waals surface area contributed by atoms with Crippen molar-refractivity contribution in [1.82, 2.24) is 9.97 Å². The van der Waals surface area contributed by atoms with Crippen molar-refractivity contribution in [2.75, 3.05) is 0 Å². The molecule has 4 rings (SSSR count). The van der Waals surface area contributed by atoms with Gasteiger partial charge in [-0.3, -0.25) is 4.98 Å². The smallest absolute Gasteiger partial charge is 0.0971 e. The van der Waals surface area contributed by atoms with Gasteiger partial charge in [-0.15, -0.1) is 0 Å². The monoisotopic (exact) mass is 282 g/mol. The fourth-order valence-corrected chi connectivity index (χ4v) is 2.65. The summed E-state index contributed by atoms with van der Waals surface area (Å²) in [6.45, 7) is 0. The van der Waals surface area contributed by atoms with Crippen LogP contribution in [0.5, 0.6) is 0 Å². The molecule has 0 N–H and O–H groups in total. The van der Waals surface area contributed by atoms with Gasteiger partial charge >= 0.3 is 0 Å². The first-order chi connectivity index (χ1) is 10.9. The van der Waals surface area contributed by atoms with E-state index >= 15 is 0 Å². The fraction of sp³-hybridized carbons (Fsp3) is 0. The maximum atomic E-state index is 4.88. The van der Waals surface area contributed by atoms with Crippen LogP contribution in [0, 0.1) is 0 Å². The molecule has 2 aromatic heterocycles. The first-order valence-electron chi connectivity index (χ1n) is 7.28. The van der Waals surface area contributed by atoms with E-state index in [1.807, 2.05) is 42.5 Å². The van der Waals surface area contributed by atoms with E-state index in [2.05, 4.69) is 41.4 Å². The standard InChI is InChI=1S/C20H14N2/c1-2-8-15(9-3-1)19-14-16-10-4-5-11-17(16)20(22-19)18-12-6-7-13-21-18/h1-14H. The molecular formula is C20H14N2. The van der Waals surface area contributed by atoms with Crippen LogP contribution >= 0.6 is 0 Å². The number of nitrogens with zero attached hydrogens (tertiary/aromatic N) is 2. The number of hydrogen-bond donors (Lipinski definition) is 0. The van der Waals surface area contributed by atoms with Gasteiger partial charge < -0.3 is 0 Å². The third kappa shape index (κ3) is 2.25. The molecule has 2 heterocycles. The molecule has 0 atom stereocenters. The Morgan fingerprint density at radius 3 is 2.23 bits per heavy atom. The van der Waals surface area contributed by atoms with E-state index in [0.717, 1.165) is 28.0 Å². The summed E-state index contributed by atoms with van der Waals surface area (Å²) in [5.74, 6) is 0. The first kappa shape index (κ1) is 12.7. The number of fused-ring (bicyclic) bond motifs is 1. The molecule has 22 heavy (non-hydrogen) atoms. The maximum Gasteiger partial charge on any atom is 0.0971 e. The number of pyridine rings is 2. The molecule has 4 aromatic rings. The Morgan fingerprint density at radius 1 is 0.636 bits per heavy atom. The molecule has 0 amide bonds. The molecule has 2 aromatic carbocycles. The largest absolute Gasteiger partial charge is 0.255 e. The van der Waals surface area contributed by atoms with Gasteiger partial charge in [0.2, 0.25) is 0 Å². The second kappa shape index (κ2) is 5.41. The summed E-state index contributed by atoms with van der Waals surface area (Å²) >= 11 is 0. The van der Waals surface area contributed by atoms with Gasteiger partial charge in [0.15, 0.2) is 0 Å². The van der Waals surface area contributed by atoms with Crippen LogP contribution < -0.4 is 0 Å². The van der Waals surface area contributed by atoms with Crippen LogP contribution in [-0.4, -0.2) is 9.97 Å². The maximum absolute atomic E-state index is 4.88. The Balaban J connectivity index is 2.02. The number of hydrogen-bond acceptors (Lipinski definition) is 2. The molecule has 0 saturated heterocycles. The minimum Gasteiger partial charge on any atom is -0.255 e. The van der Waals surface area contributed by atoms with Crippen molar-refractivity contribution >= 4 is 10.8 Å². The van der Waals surface area contributed by atoms with Crippen LogP contribution in [0.1, 0.15) is 0 Å². The molecule has 2 heteroatoms. The van der Waals surface area contributed by atoms with Crippen molar-refractivity contribution < 1.29 is 0 Å². The second-order valence-corrected chi connectivity index (χ2v) is 5.16. The Labute approximate surface area is 129 Å². The zero-order chi connectivity index (χ0) is 14.8. The average molecular weight is 282 g/mol. The third-order valence-corrected chi connectivity index (χ3v) is 3.72. The van der Waals surface area contributed by atoms with E-state index in [-0.39, 0.29) is 0 Å². The SMILES string of the molecule is c1ccc(-c2cc3ccccc3c(-c3ccccn3)n2)cc1.